The van der Waals surface area contributed by atoms with E-state index in [-0.39, 0.29) is 0 Å². The van der Waals surface area contributed by atoms with Crippen LogP contribution in [0.4, 0.5) is 5.82 Å². The number of nitrogen functional groups attached to an aromatic ring is 1. The van der Waals surface area contributed by atoms with Crippen LogP contribution in [0.3, 0.4) is 0 Å². The average Bonchev–Trinajstić information content (AvgIpc) is 2.72. The zero-order valence-electron chi connectivity index (χ0n) is 12.3. The molecule has 108 valence electrons. The molecule has 3 N–H and O–H groups in total. The summed E-state index contributed by atoms with van der Waals surface area (Å²) in [5, 5.41) is 6.32. The lowest BCUT2D eigenvalue weighted by Gasteiger charge is -2.11. The van der Waals surface area contributed by atoms with Crippen LogP contribution < -0.4 is 11.3 Å². The second kappa shape index (κ2) is 6.23. The first kappa shape index (κ1) is 14.8. The van der Waals surface area contributed by atoms with Gasteiger partial charge in [-0.3, -0.25) is 4.68 Å². The highest BCUT2D eigenvalue weighted by atomic mass is 32.2. The minimum atomic E-state index is 0.685. The average molecular weight is 292 g/mol. The van der Waals surface area contributed by atoms with E-state index in [1.165, 1.54) is 0 Å². The third kappa shape index (κ3) is 3.10. The second-order valence-electron chi connectivity index (χ2n) is 4.66. The van der Waals surface area contributed by atoms with E-state index >= 15 is 0 Å². The molecule has 0 spiro atoms. The van der Waals surface area contributed by atoms with Gasteiger partial charge in [0, 0.05) is 19.0 Å². The highest BCUT2D eigenvalue weighted by Crippen LogP contribution is 2.31. The van der Waals surface area contributed by atoms with E-state index in [1.54, 1.807) is 11.8 Å². The summed E-state index contributed by atoms with van der Waals surface area (Å²) in [6.07, 6.45) is 1.84. The van der Waals surface area contributed by atoms with Gasteiger partial charge in [-0.25, -0.2) is 15.8 Å². The fraction of sp³-hybridized carbons (Fsp3) is 0.462. The molecule has 0 aliphatic rings. The number of aromatic nitrogens is 4. The SMILES string of the molecule is CCCc1nc(NN)c(C)c(Sc2cc(C)nn2C)n1. The number of anilines is 1. The normalized spacial score (nSPS) is 10.8. The molecule has 2 heterocycles. The van der Waals surface area contributed by atoms with Crippen LogP contribution in [0, 0.1) is 13.8 Å². The van der Waals surface area contributed by atoms with Crippen LogP contribution >= 0.6 is 11.8 Å². The van der Waals surface area contributed by atoms with E-state index in [0.29, 0.717) is 5.82 Å². The van der Waals surface area contributed by atoms with Crippen molar-refractivity contribution < 1.29 is 0 Å². The number of aryl methyl sites for hydroxylation is 3. The molecule has 0 radical (unpaired) electrons. The summed E-state index contributed by atoms with van der Waals surface area (Å²) in [4.78, 5) is 9.06. The molecule has 0 amide bonds. The third-order valence-electron chi connectivity index (χ3n) is 2.92. The molecule has 7 heteroatoms. The van der Waals surface area contributed by atoms with Crippen LogP contribution in [-0.4, -0.2) is 19.7 Å². The number of hydrogen-bond acceptors (Lipinski definition) is 6. The molecule has 2 aromatic rings. The van der Waals surface area contributed by atoms with Crippen molar-refractivity contribution in [1.82, 2.24) is 19.7 Å². The standard InChI is InChI=1S/C13H20N6S/c1-5-6-10-15-12(17-14)9(3)13(16-10)20-11-7-8(2)18-19(11)4/h7H,5-6,14H2,1-4H3,(H,15,16,17). The molecule has 6 nitrogen and oxygen atoms in total. The Kier molecular flexibility index (Phi) is 4.61. The lowest BCUT2D eigenvalue weighted by molar-refractivity contribution is 0.691. The van der Waals surface area contributed by atoms with E-state index in [0.717, 1.165) is 40.0 Å². The zero-order valence-corrected chi connectivity index (χ0v) is 13.1. The summed E-state index contributed by atoms with van der Waals surface area (Å²) in [6, 6.07) is 2.04. The lowest BCUT2D eigenvalue weighted by Crippen LogP contribution is -2.13. The van der Waals surface area contributed by atoms with Crippen molar-refractivity contribution >= 4 is 17.6 Å². The molecule has 2 aromatic heterocycles. The third-order valence-corrected chi connectivity index (χ3v) is 4.10. The molecular formula is C13H20N6S. The van der Waals surface area contributed by atoms with Crippen molar-refractivity contribution in [3.63, 3.8) is 0 Å². The molecule has 0 atom stereocenters. The molecule has 0 fully saturated rings. The topological polar surface area (TPSA) is 81.6 Å². The summed E-state index contributed by atoms with van der Waals surface area (Å²) in [5.74, 6) is 7.04. The number of nitrogens with one attached hydrogen (secondary N) is 1. The summed E-state index contributed by atoms with van der Waals surface area (Å²) >= 11 is 1.59. The van der Waals surface area contributed by atoms with Crippen LogP contribution in [0.1, 0.15) is 30.4 Å². The molecular weight excluding hydrogens is 272 g/mol. The van der Waals surface area contributed by atoms with Gasteiger partial charge in [-0.05, 0) is 38.1 Å². The van der Waals surface area contributed by atoms with Gasteiger partial charge in [0.15, 0.2) is 0 Å². The molecule has 0 bridgehead atoms. The number of rotatable bonds is 5. The van der Waals surface area contributed by atoms with E-state index in [2.05, 4.69) is 27.4 Å². The Morgan fingerprint density at radius 1 is 1.35 bits per heavy atom. The first-order valence-electron chi connectivity index (χ1n) is 6.57. The highest BCUT2D eigenvalue weighted by molar-refractivity contribution is 7.99. The van der Waals surface area contributed by atoms with Gasteiger partial charge in [-0.1, -0.05) is 6.92 Å². The van der Waals surface area contributed by atoms with Crippen LogP contribution in [-0.2, 0) is 13.5 Å². The monoisotopic (exact) mass is 292 g/mol. The molecule has 0 aliphatic heterocycles. The van der Waals surface area contributed by atoms with Crippen LogP contribution in [0.25, 0.3) is 0 Å². The maximum Gasteiger partial charge on any atom is 0.147 e. The van der Waals surface area contributed by atoms with Gasteiger partial charge in [0.05, 0.1) is 5.69 Å². The largest absolute Gasteiger partial charge is 0.308 e. The van der Waals surface area contributed by atoms with E-state index in [9.17, 15) is 0 Å². The lowest BCUT2D eigenvalue weighted by atomic mass is 10.3. The van der Waals surface area contributed by atoms with Crippen molar-refractivity contribution in [2.45, 2.75) is 43.7 Å². The Balaban J connectivity index is 2.39. The van der Waals surface area contributed by atoms with Gasteiger partial charge < -0.3 is 5.43 Å². The molecule has 0 unspecified atom stereocenters. The van der Waals surface area contributed by atoms with E-state index < -0.39 is 0 Å². The Morgan fingerprint density at radius 2 is 2.10 bits per heavy atom. The van der Waals surface area contributed by atoms with Crippen LogP contribution in [0.2, 0.25) is 0 Å². The second-order valence-corrected chi connectivity index (χ2v) is 5.67. The first-order chi connectivity index (χ1) is 9.55. The van der Waals surface area contributed by atoms with Gasteiger partial charge in [0.25, 0.3) is 0 Å². The van der Waals surface area contributed by atoms with Crippen molar-refractivity contribution in [3.8, 4) is 0 Å². The predicted molar refractivity (Wildman–Crippen MR) is 80.6 cm³/mol. The summed E-state index contributed by atoms with van der Waals surface area (Å²) < 4.78 is 1.86. The Hall–Kier alpha value is -1.60. The number of nitrogens with zero attached hydrogens (tertiary/aromatic N) is 4. The smallest absolute Gasteiger partial charge is 0.147 e. The van der Waals surface area contributed by atoms with Gasteiger partial charge in [-0.15, -0.1) is 0 Å². The predicted octanol–water partition coefficient (Wildman–Crippen LogP) is 2.22. The molecule has 2 rings (SSSR count). The van der Waals surface area contributed by atoms with Gasteiger partial charge in [0.1, 0.15) is 21.7 Å². The molecule has 0 saturated heterocycles. The summed E-state index contributed by atoms with van der Waals surface area (Å²) in [5.41, 5.74) is 4.60. The Bertz CT molecular complexity index is 607. The Labute approximate surface area is 123 Å². The zero-order chi connectivity index (χ0) is 14.7. The number of nitrogens with two attached hydrogens (primary N) is 1. The number of hydrazine groups is 1. The van der Waals surface area contributed by atoms with Gasteiger partial charge in [0.2, 0.25) is 0 Å². The first-order valence-corrected chi connectivity index (χ1v) is 7.39. The number of hydrogen-bond donors (Lipinski definition) is 2. The minimum absolute atomic E-state index is 0.685. The van der Waals surface area contributed by atoms with Crippen molar-refractivity contribution in [2.24, 2.45) is 12.9 Å². The molecule has 20 heavy (non-hydrogen) atoms. The van der Waals surface area contributed by atoms with Crippen molar-refractivity contribution in [2.75, 3.05) is 5.43 Å². The quantitative estimate of drug-likeness (QED) is 0.499. The van der Waals surface area contributed by atoms with Crippen LogP contribution in [0.15, 0.2) is 16.1 Å². The van der Waals surface area contributed by atoms with E-state index in [1.807, 2.05) is 31.6 Å². The maximum absolute atomic E-state index is 5.54. The van der Waals surface area contributed by atoms with Crippen LogP contribution in [0.5, 0.6) is 0 Å². The van der Waals surface area contributed by atoms with E-state index in [4.69, 9.17) is 5.84 Å². The summed E-state index contributed by atoms with van der Waals surface area (Å²) in [7, 11) is 1.93. The fourth-order valence-corrected chi connectivity index (χ4v) is 2.90. The molecule has 0 aliphatic carbocycles. The molecule has 0 aromatic carbocycles. The van der Waals surface area contributed by atoms with Crippen molar-refractivity contribution in [3.05, 3.63) is 23.1 Å². The fourth-order valence-electron chi connectivity index (χ4n) is 1.90. The molecule has 0 saturated carbocycles. The summed E-state index contributed by atoms with van der Waals surface area (Å²) in [6.45, 7) is 6.05. The highest BCUT2D eigenvalue weighted by Gasteiger charge is 2.13. The Morgan fingerprint density at radius 3 is 2.65 bits per heavy atom. The maximum atomic E-state index is 5.54. The van der Waals surface area contributed by atoms with Gasteiger partial charge in [-0.2, -0.15) is 5.10 Å². The minimum Gasteiger partial charge on any atom is -0.308 e. The van der Waals surface area contributed by atoms with Crippen molar-refractivity contribution in [1.29, 1.82) is 0 Å². The van der Waals surface area contributed by atoms with Gasteiger partial charge >= 0.3 is 0 Å².